The molecular weight excluding hydrogens is 1880 g/mol. The third kappa shape index (κ3) is 25.4. The number of piperidine rings is 5. The fourth-order valence-corrected chi connectivity index (χ4v) is 26.0. The number of anilines is 3. The van der Waals surface area contributed by atoms with Crippen molar-refractivity contribution in [2.24, 2.45) is 87.5 Å². The zero-order valence-corrected chi connectivity index (χ0v) is 83.5. The van der Waals surface area contributed by atoms with Crippen molar-refractivity contribution >= 4 is 78.8 Å². The first-order chi connectivity index (χ1) is 65.9. The van der Waals surface area contributed by atoms with Gasteiger partial charge in [0, 0.05) is 93.6 Å². The number of amidine groups is 2. The van der Waals surface area contributed by atoms with E-state index in [4.69, 9.17) is 54.4 Å². The van der Waals surface area contributed by atoms with Crippen molar-refractivity contribution in [1.82, 2.24) is 113 Å². The first-order valence-electron chi connectivity index (χ1n) is 46.4. The average molecular weight is 2010 g/mol. The minimum absolute atomic E-state index is 0.0225. The number of hydrogen-bond acceptors (Lipinski definition) is 35. The minimum atomic E-state index is -3.97. The van der Waals surface area contributed by atoms with Gasteiger partial charge in [-0.15, -0.1) is 51.0 Å². The van der Waals surface area contributed by atoms with Gasteiger partial charge in [-0.3, -0.25) is 9.98 Å². The molecule has 10 heterocycles. The summed E-state index contributed by atoms with van der Waals surface area (Å²) in [4.78, 5) is 20.0. The van der Waals surface area contributed by atoms with Crippen LogP contribution >= 0.6 is 0 Å². The van der Waals surface area contributed by atoms with Crippen LogP contribution in [-0.2, 0) is 50.1 Å². The summed E-state index contributed by atoms with van der Waals surface area (Å²) >= 11 is 0. The van der Waals surface area contributed by atoms with Crippen LogP contribution in [-0.4, -0.2) is 251 Å². The second kappa shape index (κ2) is 44.6. The van der Waals surface area contributed by atoms with Gasteiger partial charge in [0.2, 0.25) is 79.2 Å². The maximum Gasteiger partial charge on any atom is 0.239 e. The van der Waals surface area contributed by atoms with Crippen molar-refractivity contribution in [3.05, 3.63) is 124 Å². The third-order valence-electron chi connectivity index (χ3n) is 27.7. The van der Waals surface area contributed by atoms with E-state index in [1.54, 1.807) is 72.7 Å². The fraction of sp³-hybridized carbons (Fsp3) is 0.529. The molecule has 0 radical (unpaired) electrons. The molecule has 0 bridgehead atoms. The number of aryl methyl sites for hydroxylation is 5. The van der Waals surface area contributed by atoms with E-state index in [1.165, 1.54) is 0 Å². The van der Waals surface area contributed by atoms with Crippen LogP contribution in [0.4, 0.5) is 17.1 Å². The number of sulfonamides is 5. The Balaban J connectivity index is 0.000000147. The Bertz CT molecular complexity index is 6410. The van der Waals surface area contributed by atoms with Crippen molar-refractivity contribution in [3.8, 4) is 56.9 Å². The van der Waals surface area contributed by atoms with Gasteiger partial charge >= 0.3 is 0 Å². The van der Waals surface area contributed by atoms with Crippen molar-refractivity contribution in [3.63, 3.8) is 0 Å². The van der Waals surface area contributed by atoms with Gasteiger partial charge in [0.05, 0.1) is 76.6 Å². The van der Waals surface area contributed by atoms with Gasteiger partial charge in [-0.2, -0.15) is 26.1 Å². The van der Waals surface area contributed by atoms with Gasteiger partial charge in [0.1, 0.15) is 0 Å². The van der Waals surface area contributed by atoms with Gasteiger partial charge in [-0.25, -0.2) is 67.8 Å². The molecule has 7 fully saturated rings. The number of H-pyrrole nitrogens is 5. The molecule has 5 aromatic heterocycles. The first-order valence-corrected chi connectivity index (χ1v) is 54.1. The summed E-state index contributed by atoms with van der Waals surface area (Å²) in [5.41, 5.74) is 38.0. The molecule has 25 N–H and O–H groups in total. The van der Waals surface area contributed by atoms with E-state index in [0.717, 1.165) is 210 Å². The second-order valence-corrected chi connectivity index (χ2v) is 44.6. The van der Waals surface area contributed by atoms with Crippen LogP contribution in [0.15, 0.2) is 120 Å². The van der Waals surface area contributed by atoms with E-state index in [0.29, 0.717) is 121 Å². The number of aromatic nitrogens is 20. The van der Waals surface area contributed by atoms with Gasteiger partial charge in [0.15, 0.2) is 0 Å². The number of hydrogen-bond donors (Lipinski definition) is 15. The largest absolute Gasteiger partial charge is 0.388 e. The highest BCUT2D eigenvalue weighted by Gasteiger charge is 2.42. The zero-order valence-electron chi connectivity index (χ0n) is 79.4. The minimum Gasteiger partial charge on any atom is -0.388 e. The maximum atomic E-state index is 12.4. The SMILES string of the molecule is C=C(N)N1CCC(C2CCN(c3ccc(C)c(S(N)(=O)=O)c3-c3nn[nH]n3)CC2)CC1.C=C(N)N1CCC2(CC1)CCN(c1ccc(C)c(S(N)(=O)=O)c1-c1nn[nH]n1)CC2.CC(N)=NC1CCC(c2ccc(C)c(S(N)(=O)=O)c2-c2nn[nH]n2)CC1.CC(N)=NC1CCN(c2ccc(C)c(S(N)(=O)=O)c2-c2nn[nH]n2)CC1.Cc1ccc(C2CCC(CCCN)CC2)c(-c2nn[nH]n2)c1S(N)(=O)=O. The summed E-state index contributed by atoms with van der Waals surface area (Å²) in [6, 6.07) is 19.0. The molecule has 7 aliphatic rings. The molecule has 2 saturated carbocycles. The maximum absolute atomic E-state index is 12.4. The summed E-state index contributed by atoms with van der Waals surface area (Å²) in [5, 5.41) is 97.8. The second-order valence-electron chi connectivity index (χ2n) is 37.1. The summed E-state index contributed by atoms with van der Waals surface area (Å²) in [6.07, 6.45) is 20.3. The molecular formula is C87H129N37O10S5. The van der Waals surface area contributed by atoms with E-state index in [1.807, 2.05) is 36.4 Å². The Labute approximate surface area is 809 Å². The number of likely N-dealkylation sites (tertiary alicyclic amines) is 2. The third-order valence-corrected chi connectivity index (χ3v) is 33.2. The molecule has 10 aromatic rings. The number of tetrazole rings is 5. The Morgan fingerprint density at radius 2 is 0.640 bits per heavy atom. The fourth-order valence-electron chi connectivity index (χ4n) is 20.9. The number of aromatic amines is 5. The number of primary sulfonamides is 5. The zero-order chi connectivity index (χ0) is 100. The van der Waals surface area contributed by atoms with E-state index in [-0.39, 0.29) is 77.5 Å². The van der Waals surface area contributed by atoms with Gasteiger partial charge in [0.25, 0.3) is 0 Å². The molecule has 139 heavy (non-hydrogen) atoms. The van der Waals surface area contributed by atoms with E-state index >= 15 is 0 Å². The molecule has 17 rings (SSSR count). The van der Waals surface area contributed by atoms with Crippen LogP contribution in [0.3, 0.4) is 0 Å². The molecule has 52 heteroatoms. The Kier molecular flexibility index (Phi) is 33.5. The summed E-state index contributed by atoms with van der Waals surface area (Å²) < 4.78 is 123. The van der Waals surface area contributed by atoms with Crippen molar-refractivity contribution in [2.45, 2.75) is 225 Å². The summed E-state index contributed by atoms with van der Waals surface area (Å²) in [7, 11) is -19.7. The normalized spacial score (nSPS) is 19.6. The van der Waals surface area contributed by atoms with Crippen LogP contribution in [0.2, 0.25) is 0 Å². The van der Waals surface area contributed by atoms with Crippen molar-refractivity contribution in [2.75, 3.05) is 86.7 Å². The molecule has 1 spiro atoms. The predicted molar refractivity (Wildman–Crippen MR) is 527 cm³/mol. The lowest BCUT2D eigenvalue weighted by atomic mass is 9.71. The highest BCUT2D eigenvalue weighted by molar-refractivity contribution is 7.90. The molecule has 5 saturated heterocycles. The Morgan fingerprint density at radius 3 is 0.942 bits per heavy atom. The smallest absolute Gasteiger partial charge is 0.239 e. The number of nitrogens with two attached hydrogens (primary N) is 10. The molecule has 0 atom stereocenters. The first kappa shape index (κ1) is 104. The molecule has 0 amide bonds. The Morgan fingerprint density at radius 1 is 0.367 bits per heavy atom. The highest BCUT2D eigenvalue weighted by Crippen LogP contribution is 2.49. The molecule has 47 nitrogen and oxygen atoms in total. The van der Waals surface area contributed by atoms with E-state index < -0.39 is 50.1 Å². The van der Waals surface area contributed by atoms with Crippen molar-refractivity contribution < 1.29 is 42.1 Å². The molecule has 0 unspecified atom stereocenters. The van der Waals surface area contributed by atoms with Gasteiger partial charge in [-0.05, 0) is 302 Å². The van der Waals surface area contributed by atoms with Gasteiger partial charge in [-0.1, -0.05) is 55.6 Å². The van der Waals surface area contributed by atoms with Crippen LogP contribution in [0.5, 0.6) is 0 Å². The quantitative estimate of drug-likeness (QED) is 0.0283. The Hall–Kier alpha value is -12.0. The number of nitrogens with zero attached hydrogens (tertiary/aromatic N) is 22. The number of benzene rings is 5. The average Bonchev–Trinajstić information content (AvgIpc) is 1.74. The van der Waals surface area contributed by atoms with Crippen LogP contribution in [0.25, 0.3) is 56.9 Å². The highest BCUT2D eigenvalue weighted by atomic mass is 32.2. The topological polar surface area (TPSA) is 744 Å². The lowest BCUT2D eigenvalue weighted by molar-refractivity contribution is 0.0976. The van der Waals surface area contributed by atoms with Crippen LogP contribution in [0, 0.1) is 57.8 Å². The van der Waals surface area contributed by atoms with Crippen LogP contribution < -0.4 is 69.1 Å². The summed E-state index contributed by atoms with van der Waals surface area (Å²) in [6.45, 7) is 29.1. The molecule has 2 aliphatic carbocycles. The van der Waals surface area contributed by atoms with E-state index in [9.17, 15) is 42.1 Å². The van der Waals surface area contributed by atoms with Crippen LogP contribution in [0.1, 0.15) is 193 Å². The lowest BCUT2D eigenvalue weighted by Crippen LogP contribution is -2.47. The van der Waals surface area contributed by atoms with Gasteiger partial charge < -0.3 is 53.2 Å². The molecule has 5 aromatic carbocycles. The predicted octanol–water partition coefficient (Wildman–Crippen LogP) is 5.35. The standard InChI is InChI=1S/C20H30N8O2S.C19H28N8O2S.C17H26N6O2S.C16H23N7O2S.C15H22N8O2S/c1-13-3-4-17(18(19(13)31(22,29)30)20-23-25-26-24-20)28-11-7-16(8-12-28)15-5-9-27(10-6-15)14(2)21;1-13-3-4-15(16(17(13)30(21,28)29)18-22-24-25-23-18)27-11-7-19(8-12-27)5-9-26(10-6-19)14(2)20;1-11-4-9-14(13-7-5-12(6-8-13)3-2-10-18)15(16(11)26(19,24)25)17-20-22-23-21-17;1-9-3-8-13(11-4-6-12(7-5-11)19-10(2)17)14(15(9)26(18,24)25)16-20-22-23-21-16;1-9-3-4-12(23-7-5-11(6-8-23)18-10(2)16)13(14(9)26(17,24)25)15-19-21-22-20-15/h3-4,15-16H,2,5-12,21H2,1H3,(H2,22,29,30)(H,23,24,25,26);3-4H,2,5-12,20H2,1H3,(H2,21,28,29)(H,22,23,24,25);4,9,12-13H,2-3,5-8,10,18H2,1H3,(H2,19,24,25)(H,20,21,22,23);3,8,11-12H,4-7H2,1-2H3,(H2,17,19)(H2,18,24,25)(H,20,21,22,23);3-4,11H,5-8H2,1-2H3,(H2,16,18)(H2,17,24,25)(H,19,20,21,22). The lowest BCUT2D eigenvalue weighted by Gasteiger charge is -2.48. The van der Waals surface area contributed by atoms with E-state index in [2.05, 4.69) is 151 Å². The number of nitrogens with one attached hydrogen (secondary N) is 5. The number of aliphatic imine (C=N–C) groups is 2. The molecule has 752 valence electrons. The van der Waals surface area contributed by atoms with Crippen molar-refractivity contribution in [1.29, 1.82) is 0 Å². The molecule has 5 aliphatic heterocycles. The summed E-state index contributed by atoms with van der Waals surface area (Å²) in [5.74, 6) is 6.12. The monoisotopic (exact) mass is 2010 g/mol. The number of rotatable bonds is 23.